The third-order valence-electron chi connectivity index (χ3n) is 2.85. The van der Waals surface area contributed by atoms with Crippen molar-refractivity contribution in [1.82, 2.24) is 14.8 Å². The maximum absolute atomic E-state index is 11.4. The number of nitrogens with one attached hydrogen (secondary N) is 3. The Hall–Kier alpha value is -0.170. The van der Waals surface area contributed by atoms with E-state index in [2.05, 4.69) is 14.8 Å². The molecule has 1 heterocycles. The molecule has 15 heavy (non-hydrogen) atoms. The van der Waals surface area contributed by atoms with E-state index in [1.54, 1.807) is 0 Å². The molecule has 2 aliphatic rings. The Kier molecular flexibility index (Phi) is 3.60. The second-order valence-electron chi connectivity index (χ2n) is 4.37. The normalized spacial score (nSPS) is 27.1. The Balaban J connectivity index is 1.63. The van der Waals surface area contributed by atoms with E-state index in [-0.39, 0.29) is 6.04 Å². The van der Waals surface area contributed by atoms with Crippen molar-refractivity contribution in [2.24, 2.45) is 0 Å². The van der Waals surface area contributed by atoms with E-state index in [1.165, 1.54) is 6.42 Å². The average molecular weight is 233 g/mol. The van der Waals surface area contributed by atoms with Gasteiger partial charge in [-0.15, -0.1) is 0 Å². The molecule has 0 bridgehead atoms. The number of hydrogen-bond donors (Lipinski definition) is 3. The van der Waals surface area contributed by atoms with Gasteiger partial charge < -0.3 is 5.32 Å². The van der Waals surface area contributed by atoms with E-state index in [0.717, 1.165) is 32.2 Å². The largest absolute Gasteiger partial charge is 0.314 e. The Morgan fingerprint density at radius 2 is 2.07 bits per heavy atom. The van der Waals surface area contributed by atoms with Crippen LogP contribution >= 0.6 is 0 Å². The molecule has 1 saturated heterocycles. The van der Waals surface area contributed by atoms with Crippen molar-refractivity contribution in [2.45, 2.75) is 44.2 Å². The molecular formula is C9H19N3O2S. The van der Waals surface area contributed by atoms with Crippen molar-refractivity contribution in [3.8, 4) is 0 Å². The summed E-state index contributed by atoms with van der Waals surface area (Å²) < 4.78 is 28.0. The molecule has 0 spiro atoms. The first-order valence-corrected chi connectivity index (χ1v) is 7.14. The van der Waals surface area contributed by atoms with E-state index < -0.39 is 10.2 Å². The SMILES string of the molecule is O=S(=O)(NCC[C@H]1CCCN1)NC1CC1. The summed E-state index contributed by atoms with van der Waals surface area (Å²) in [4.78, 5) is 0. The van der Waals surface area contributed by atoms with Crippen molar-refractivity contribution in [2.75, 3.05) is 13.1 Å². The minimum Gasteiger partial charge on any atom is -0.314 e. The van der Waals surface area contributed by atoms with Gasteiger partial charge in [0.2, 0.25) is 0 Å². The number of rotatable bonds is 6. The first kappa shape index (κ1) is 11.3. The summed E-state index contributed by atoms with van der Waals surface area (Å²) in [5, 5.41) is 3.34. The molecule has 5 nitrogen and oxygen atoms in total. The van der Waals surface area contributed by atoms with Gasteiger partial charge in [-0.3, -0.25) is 0 Å². The Bertz CT molecular complexity index is 294. The van der Waals surface area contributed by atoms with Crippen LogP contribution in [0, 0.1) is 0 Å². The fourth-order valence-electron chi connectivity index (χ4n) is 1.83. The molecule has 0 radical (unpaired) electrons. The fraction of sp³-hybridized carbons (Fsp3) is 1.00. The van der Waals surface area contributed by atoms with Crippen LogP contribution in [0.25, 0.3) is 0 Å². The van der Waals surface area contributed by atoms with Crippen LogP contribution in [0.3, 0.4) is 0 Å². The van der Waals surface area contributed by atoms with Gasteiger partial charge in [-0.05, 0) is 38.6 Å². The summed E-state index contributed by atoms with van der Waals surface area (Å²) in [7, 11) is -3.24. The zero-order valence-corrected chi connectivity index (χ0v) is 9.65. The lowest BCUT2D eigenvalue weighted by atomic mass is 10.2. The van der Waals surface area contributed by atoms with Crippen LogP contribution < -0.4 is 14.8 Å². The van der Waals surface area contributed by atoms with E-state index in [1.807, 2.05) is 0 Å². The molecule has 0 amide bonds. The molecule has 2 rings (SSSR count). The van der Waals surface area contributed by atoms with Gasteiger partial charge in [0.15, 0.2) is 0 Å². The first-order valence-electron chi connectivity index (χ1n) is 5.66. The zero-order valence-electron chi connectivity index (χ0n) is 8.83. The molecule has 0 aromatic heterocycles. The molecule has 1 aliphatic carbocycles. The molecule has 3 N–H and O–H groups in total. The van der Waals surface area contributed by atoms with Crippen LogP contribution in [-0.2, 0) is 10.2 Å². The van der Waals surface area contributed by atoms with Gasteiger partial charge in [0.05, 0.1) is 0 Å². The first-order chi connectivity index (χ1) is 7.16. The van der Waals surface area contributed by atoms with Crippen molar-refractivity contribution >= 4 is 10.2 Å². The van der Waals surface area contributed by atoms with Crippen molar-refractivity contribution in [3.05, 3.63) is 0 Å². The highest BCUT2D eigenvalue weighted by molar-refractivity contribution is 7.87. The molecule has 1 aliphatic heterocycles. The molecule has 0 unspecified atom stereocenters. The summed E-state index contributed by atoms with van der Waals surface area (Å²) in [5.74, 6) is 0. The summed E-state index contributed by atoms with van der Waals surface area (Å²) in [5.41, 5.74) is 0. The third-order valence-corrected chi connectivity index (χ3v) is 4.07. The van der Waals surface area contributed by atoms with E-state index in [4.69, 9.17) is 0 Å². The van der Waals surface area contributed by atoms with Crippen LogP contribution in [0.1, 0.15) is 32.1 Å². The van der Waals surface area contributed by atoms with E-state index in [0.29, 0.717) is 12.6 Å². The standard InChI is InChI=1S/C9H19N3O2S/c13-15(14,12-9-3-4-9)11-7-5-8-2-1-6-10-8/h8-12H,1-7H2/t8-/m1/s1. The molecular weight excluding hydrogens is 214 g/mol. The predicted molar refractivity (Wildman–Crippen MR) is 58.7 cm³/mol. The molecule has 1 atom stereocenters. The highest BCUT2D eigenvalue weighted by Gasteiger charge is 2.26. The van der Waals surface area contributed by atoms with Gasteiger partial charge in [0.25, 0.3) is 10.2 Å². The Morgan fingerprint density at radius 3 is 2.67 bits per heavy atom. The lowest BCUT2D eigenvalue weighted by molar-refractivity contribution is 0.533. The van der Waals surface area contributed by atoms with E-state index in [9.17, 15) is 8.42 Å². The molecule has 2 fully saturated rings. The molecule has 0 aromatic rings. The monoisotopic (exact) mass is 233 g/mol. The summed E-state index contributed by atoms with van der Waals surface area (Å²) in [6.07, 6.45) is 5.21. The maximum Gasteiger partial charge on any atom is 0.277 e. The fourth-order valence-corrected chi connectivity index (χ4v) is 2.98. The Labute approximate surface area is 91.2 Å². The summed E-state index contributed by atoms with van der Waals surface area (Å²) in [6.45, 7) is 1.59. The average Bonchev–Trinajstić information content (AvgIpc) is 2.81. The summed E-state index contributed by atoms with van der Waals surface area (Å²) in [6, 6.07) is 0.681. The minimum atomic E-state index is -3.24. The maximum atomic E-state index is 11.4. The quantitative estimate of drug-likeness (QED) is 0.591. The van der Waals surface area contributed by atoms with Crippen LogP contribution in [0.15, 0.2) is 0 Å². The topological polar surface area (TPSA) is 70.2 Å². The van der Waals surface area contributed by atoms with Gasteiger partial charge in [-0.25, -0.2) is 4.72 Å². The van der Waals surface area contributed by atoms with Crippen LogP contribution in [-0.4, -0.2) is 33.6 Å². The number of hydrogen-bond acceptors (Lipinski definition) is 3. The highest BCUT2D eigenvalue weighted by atomic mass is 32.2. The van der Waals surface area contributed by atoms with Crippen LogP contribution in [0.4, 0.5) is 0 Å². The molecule has 88 valence electrons. The Morgan fingerprint density at radius 1 is 1.27 bits per heavy atom. The molecule has 1 saturated carbocycles. The highest BCUT2D eigenvalue weighted by Crippen LogP contribution is 2.19. The predicted octanol–water partition coefficient (Wildman–Crippen LogP) is -0.285. The third kappa shape index (κ3) is 4.06. The van der Waals surface area contributed by atoms with Crippen LogP contribution in [0.2, 0.25) is 0 Å². The second kappa shape index (κ2) is 4.78. The lowest BCUT2D eigenvalue weighted by Crippen LogP contribution is -2.39. The van der Waals surface area contributed by atoms with Gasteiger partial charge in [-0.2, -0.15) is 13.1 Å². The van der Waals surface area contributed by atoms with Gasteiger partial charge in [0.1, 0.15) is 0 Å². The van der Waals surface area contributed by atoms with Crippen molar-refractivity contribution in [3.63, 3.8) is 0 Å². The van der Waals surface area contributed by atoms with Gasteiger partial charge in [-0.1, -0.05) is 0 Å². The minimum absolute atomic E-state index is 0.187. The van der Waals surface area contributed by atoms with Crippen LogP contribution in [0.5, 0.6) is 0 Å². The van der Waals surface area contributed by atoms with Gasteiger partial charge in [0, 0.05) is 18.6 Å². The second-order valence-corrected chi connectivity index (χ2v) is 5.90. The molecule has 6 heteroatoms. The lowest BCUT2D eigenvalue weighted by Gasteiger charge is -2.11. The van der Waals surface area contributed by atoms with E-state index >= 15 is 0 Å². The smallest absolute Gasteiger partial charge is 0.277 e. The summed E-state index contributed by atoms with van der Waals surface area (Å²) >= 11 is 0. The zero-order chi connectivity index (χ0) is 10.7. The van der Waals surface area contributed by atoms with Gasteiger partial charge >= 0.3 is 0 Å². The molecule has 0 aromatic carbocycles. The van der Waals surface area contributed by atoms with Crippen molar-refractivity contribution in [1.29, 1.82) is 0 Å². The van der Waals surface area contributed by atoms with Crippen molar-refractivity contribution < 1.29 is 8.42 Å².